The third-order valence-electron chi connectivity index (χ3n) is 4.94. The number of nitrogens with one attached hydrogen (secondary N) is 1. The van der Waals surface area contributed by atoms with E-state index in [9.17, 15) is 13.2 Å². The van der Waals surface area contributed by atoms with E-state index in [2.05, 4.69) is 5.32 Å². The summed E-state index contributed by atoms with van der Waals surface area (Å²) in [6.07, 6.45) is 0.957. The summed E-state index contributed by atoms with van der Waals surface area (Å²) in [6, 6.07) is 13.8. The summed E-state index contributed by atoms with van der Waals surface area (Å²) in [5, 5.41) is 11.8. The molecule has 1 saturated heterocycles. The Morgan fingerprint density at radius 2 is 1.64 bits per heavy atom. The minimum atomic E-state index is -3.61. The maximum Gasteiger partial charge on any atom is 0.243 e. The van der Waals surface area contributed by atoms with Gasteiger partial charge < -0.3 is 5.32 Å². The lowest BCUT2D eigenvalue weighted by Gasteiger charge is -2.30. The number of nitriles is 1. The molecule has 0 atom stereocenters. The van der Waals surface area contributed by atoms with Gasteiger partial charge in [0.1, 0.15) is 0 Å². The highest BCUT2D eigenvalue weighted by Gasteiger charge is 2.32. The van der Waals surface area contributed by atoms with Crippen LogP contribution in [0, 0.1) is 31.1 Å². The van der Waals surface area contributed by atoms with Gasteiger partial charge in [0.15, 0.2) is 0 Å². The zero-order valence-corrected chi connectivity index (χ0v) is 16.8. The normalized spacial score (nSPS) is 15.8. The number of nitrogens with zero attached hydrogens (tertiary/aromatic N) is 2. The highest BCUT2D eigenvalue weighted by Crippen LogP contribution is 2.25. The number of piperidine rings is 1. The van der Waals surface area contributed by atoms with Gasteiger partial charge in [-0.25, -0.2) is 8.42 Å². The van der Waals surface area contributed by atoms with Gasteiger partial charge in [0, 0.05) is 24.7 Å². The predicted molar refractivity (Wildman–Crippen MR) is 107 cm³/mol. The lowest BCUT2D eigenvalue weighted by atomic mass is 9.97. The molecule has 0 unspecified atom stereocenters. The minimum absolute atomic E-state index is 0.0691. The molecule has 0 saturated carbocycles. The van der Waals surface area contributed by atoms with Gasteiger partial charge in [0.05, 0.1) is 16.5 Å². The molecule has 7 heteroatoms. The van der Waals surface area contributed by atoms with Gasteiger partial charge >= 0.3 is 0 Å². The SMILES string of the molecule is Cc1cc(C)cc(NC(=O)C2CCN(S(=O)(=O)c3ccc(C#N)cc3)CC2)c1. The average molecular weight is 398 g/mol. The first-order valence-electron chi connectivity index (χ1n) is 9.19. The Morgan fingerprint density at radius 3 is 2.18 bits per heavy atom. The van der Waals surface area contributed by atoms with Crippen LogP contribution in [0.1, 0.15) is 29.5 Å². The number of carbonyl (C=O) groups excluding carboxylic acids is 1. The molecule has 0 spiro atoms. The van der Waals surface area contributed by atoms with Crippen LogP contribution in [-0.4, -0.2) is 31.7 Å². The molecule has 28 heavy (non-hydrogen) atoms. The van der Waals surface area contributed by atoms with E-state index in [4.69, 9.17) is 5.26 Å². The molecule has 1 amide bonds. The van der Waals surface area contributed by atoms with Gasteiger partial charge in [0.25, 0.3) is 0 Å². The summed E-state index contributed by atoms with van der Waals surface area (Å²) in [6.45, 7) is 4.56. The molecular formula is C21H23N3O3S. The Morgan fingerprint density at radius 1 is 1.07 bits per heavy atom. The van der Waals surface area contributed by atoms with Crippen LogP contribution in [0.4, 0.5) is 5.69 Å². The first-order valence-corrected chi connectivity index (χ1v) is 10.6. The van der Waals surface area contributed by atoms with Crippen molar-refractivity contribution in [1.29, 1.82) is 5.26 Å². The lowest BCUT2D eigenvalue weighted by molar-refractivity contribution is -0.120. The number of benzene rings is 2. The Bertz CT molecular complexity index is 996. The number of hydrogen-bond donors (Lipinski definition) is 1. The fourth-order valence-corrected chi connectivity index (χ4v) is 4.97. The number of anilines is 1. The number of amides is 1. The third-order valence-corrected chi connectivity index (χ3v) is 6.85. The maximum atomic E-state index is 12.8. The number of rotatable bonds is 4. The van der Waals surface area contributed by atoms with E-state index < -0.39 is 10.0 Å². The Hall–Kier alpha value is -2.69. The fourth-order valence-electron chi connectivity index (χ4n) is 3.50. The Kier molecular flexibility index (Phi) is 5.82. The molecule has 0 bridgehead atoms. The van der Waals surface area contributed by atoms with E-state index in [1.54, 1.807) is 0 Å². The standard InChI is InChI=1S/C21H23N3O3S/c1-15-11-16(2)13-19(12-15)23-21(25)18-7-9-24(10-8-18)28(26,27)20-5-3-17(14-22)4-6-20/h3-6,11-13,18H,7-10H2,1-2H3,(H,23,25). The van der Waals surface area contributed by atoms with E-state index >= 15 is 0 Å². The number of aryl methyl sites for hydroxylation is 2. The molecule has 3 rings (SSSR count). The van der Waals surface area contributed by atoms with Crippen molar-refractivity contribution in [3.63, 3.8) is 0 Å². The molecule has 1 aliphatic heterocycles. The molecule has 1 N–H and O–H groups in total. The molecule has 2 aromatic rings. The lowest BCUT2D eigenvalue weighted by Crippen LogP contribution is -2.41. The molecule has 6 nitrogen and oxygen atoms in total. The highest BCUT2D eigenvalue weighted by atomic mass is 32.2. The van der Waals surface area contributed by atoms with Gasteiger partial charge in [-0.05, 0) is 74.2 Å². The van der Waals surface area contributed by atoms with Crippen molar-refractivity contribution >= 4 is 21.6 Å². The summed E-state index contributed by atoms with van der Waals surface area (Å²) < 4.78 is 27.0. The quantitative estimate of drug-likeness (QED) is 0.858. The summed E-state index contributed by atoms with van der Waals surface area (Å²) in [5.41, 5.74) is 3.35. The molecule has 1 aliphatic rings. The van der Waals surface area contributed by atoms with Crippen molar-refractivity contribution in [2.75, 3.05) is 18.4 Å². The molecule has 1 fully saturated rings. The summed E-state index contributed by atoms with van der Waals surface area (Å²) in [7, 11) is -3.61. The van der Waals surface area contributed by atoms with Gasteiger partial charge in [-0.3, -0.25) is 4.79 Å². The third kappa shape index (κ3) is 4.41. The molecule has 0 aromatic heterocycles. The smallest absolute Gasteiger partial charge is 0.243 e. The molecule has 0 aliphatic carbocycles. The molecular weight excluding hydrogens is 374 g/mol. The number of hydrogen-bond acceptors (Lipinski definition) is 4. The minimum Gasteiger partial charge on any atom is -0.326 e. The van der Waals surface area contributed by atoms with Crippen LogP contribution >= 0.6 is 0 Å². The summed E-state index contributed by atoms with van der Waals surface area (Å²) in [4.78, 5) is 12.7. The second-order valence-electron chi connectivity index (χ2n) is 7.18. The summed E-state index contributed by atoms with van der Waals surface area (Å²) >= 11 is 0. The van der Waals surface area contributed by atoms with Gasteiger partial charge in [-0.2, -0.15) is 9.57 Å². The second kappa shape index (κ2) is 8.13. The van der Waals surface area contributed by atoms with E-state index in [-0.39, 0.29) is 16.7 Å². The van der Waals surface area contributed by atoms with Crippen molar-refractivity contribution in [2.24, 2.45) is 5.92 Å². The summed E-state index contributed by atoms with van der Waals surface area (Å²) in [5.74, 6) is -0.284. The molecule has 146 valence electrons. The van der Waals surface area contributed by atoms with Crippen LogP contribution in [0.5, 0.6) is 0 Å². The second-order valence-corrected chi connectivity index (χ2v) is 9.12. The largest absolute Gasteiger partial charge is 0.326 e. The average Bonchev–Trinajstić information content (AvgIpc) is 2.67. The van der Waals surface area contributed by atoms with Crippen molar-refractivity contribution in [2.45, 2.75) is 31.6 Å². The van der Waals surface area contributed by atoms with Crippen LogP contribution in [-0.2, 0) is 14.8 Å². The van der Waals surface area contributed by atoms with Crippen molar-refractivity contribution in [1.82, 2.24) is 4.31 Å². The first kappa shape index (κ1) is 20.1. The Balaban J connectivity index is 1.63. The fraction of sp³-hybridized carbons (Fsp3) is 0.333. The molecule has 0 radical (unpaired) electrons. The van der Waals surface area contributed by atoms with Crippen LogP contribution < -0.4 is 5.32 Å². The maximum absolute atomic E-state index is 12.8. The van der Waals surface area contributed by atoms with E-state index in [0.29, 0.717) is 31.5 Å². The molecule has 1 heterocycles. The monoisotopic (exact) mass is 397 g/mol. The molecule has 2 aromatic carbocycles. The Labute approximate surface area is 165 Å². The highest BCUT2D eigenvalue weighted by molar-refractivity contribution is 7.89. The van der Waals surface area contributed by atoms with Gasteiger partial charge in [0.2, 0.25) is 15.9 Å². The van der Waals surface area contributed by atoms with E-state index in [0.717, 1.165) is 16.8 Å². The van der Waals surface area contributed by atoms with Crippen molar-refractivity contribution in [3.8, 4) is 6.07 Å². The van der Waals surface area contributed by atoms with Crippen LogP contribution in [0.3, 0.4) is 0 Å². The van der Waals surface area contributed by atoms with Crippen molar-refractivity contribution < 1.29 is 13.2 Å². The zero-order chi connectivity index (χ0) is 20.3. The van der Waals surface area contributed by atoms with E-state index in [1.165, 1.54) is 28.6 Å². The van der Waals surface area contributed by atoms with Gasteiger partial charge in [-0.1, -0.05) is 6.07 Å². The van der Waals surface area contributed by atoms with Crippen LogP contribution in [0.15, 0.2) is 47.4 Å². The zero-order valence-electron chi connectivity index (χ0n) is 16.0. The number of sulfonamides is 1. The topological polar surface area (TPSA) is 90.3 Å². The van der Waals surface area contributed by atoms with E-state index in [1.807, 2.05) is 38.1 Å². The van der Waals surface area contributed by atoms with Gasteiger partial charge in [-0.15, -0.1) is 0 Å². The van der Waals surface area contributed by atoms with Crippen molar-refractivity contribution in [3.05, 3.63) is 59.2 Å². The van der Waals surface area contributed by atoms with Crippen LogP contribution in [0.25, 0.3) is 0 Å². The first-order chi connectivity index (χ1) is 13.3. The number of carbonyl (C=O) groups is 1. The van der Waals surface area contributed by atoms with Crippen LogP contribution in [0.2, 0.25) is 0 Å². The predicted octanol–water partition coefficient (Wildman–Crippen LogP) is 3.21.